The van der Waals surface area contributed by atoms with Crippen LogP contribution >= 0.6 is 11.8 Å². The Morgan fingerprint density at radius 3 is 2.28 bits per heavy atom. The predicted molar refractivity (Wildman–Crippen MR) is 75.1 cm³/mol. The number of hydrogen-bond donors (Lipinski definition) is 0. The molecule has 0 bridgehead atoms. The summed E-state index contributed by atoms with van der Waals surface area (Å²) in [6.07, 6.45) is 4.79. The first-order chi connectivity index (χ1) is 8.74. The van der Waals surface area contributed by atoms with E-state index in [9.17, 15) is 4.79 Å². The zero-order valence-corrected chi connectivity index (χ0v) is 11.3. The van der Waals surface area contributed by atoms with Crippen molar-refractivity contribution in [1.29, 1.82) is 0 Å². The summed E-state index contributed by atoms with van der Waals surface area (Å²) in [5.41, 5.74) is 2.90. The highest BCUT2D eigenvalue weighted by Gasteiger charge is 2.13. The average molecular weight is 257 g/mol. The lowest BCUT2D eigenvalue weighted by atomic mass is 9.94. The monoisotopic (exact) mass is 257 g/mol. The van der Waals surface area contributed by atoms with E-state index in [-0.39, 0.29) is 5.92 Å². The fraction of sp³-hybridized carbons (Fsp3) is 0.200. The van der Waals surface area contributed by atoms with Gasteiger partial charge in [-0.1, -0.05) is 18.2 Å². The number of nitrogens with zero attached hydrogens (tertiary/aromatic N) is 1. The molecule has 0 spiro atoms. The van der Waals surface area contributed by atoms with Crippen LogP contribution in [0.4, 0.5) is 0 Å². The van der Waals surface area contributed by atoms with Crippen molar-refractivity contribution in [3.05, 3.63) is 59.4 Å². The number of thioether (sulfide) groups is 1. The predicted octanol–water partition coefficient (Wildman–Crippen LogP) is 3.44. The number of carbonyl (C=O) groups is 1. The maximum Gasteiger partial charge on any atom is 0.131 e. The number of aromatic nitrogens is 1. The standard InChI is InChI=1S/C15H15NOS/c1-11-3-4-13(9-16-11)15(10-17)12-5-7-14(18-2)8-6-12/h3-10,15H,1-2H3. The normalized spacial score (nSPS) is 12.1. The first kappa shape index (κ1) is 12.8. The summed E-state index contributed by atoms with van der Waals surface area (Å²) in [6, 6.07) is 12.0. The highest BCUT2D eigenvalue weighted by Crippen LogP contribution is 2.24. The molecular formula is C15H15NOS. The van der Waals surface area contributed by atoms with Crippen LogP contribution in [0.2, 0.25) is 0 Å². The van der Waals surface area contributed by atoms with Gasteiger partial charge in [0.15, 0.2) is 0 Å². The lowest BCUT2D eigenvalue weighted by Crippen LogP contribution is -2.03. The van der Waals surface area contributed by atoms with E-state index in [1.54, 1.807) is 18.0 Å². The Balaban J connectivity index is 2.32. The second-order valence-electron chi connectivity index (χ2n) is 4.12. The summed E-state index contributed by atoms with van der Waals surface area (Å²) >= 11 is 1.69. The van der Waals surface area contributed by atoms with E-state index < -0.39 is 0 Å². The molecule has 0 saturated heterocycles. The van der Waals surface area contributed by atoms with Crippen molar-refractivity contribution in [3.63, 3.8) is 0 Å². The maximum absolute atomic E-state index is 11.3. The molecule has 18 heavy (non-hydrogen) atoms. The van der Waals surface area contributed by atoms with Gasteiger partial charge in [-0.15, -0.1) is 11.8 Å². The van der Waals surface area contributed by atoms with Gasteiger partial charge in [-0.05, 0) is 42.5 Å². The summed E-state index contributed by atoms with van der Waals surface area (Å²) in [5, 5.41) is 0. The smallest absolute Gasteiger partial charge is 0.131 e. The van der Waals surface area contributed by atoms with E-state index in [2.05, 4.69) is 4.98 Å². The second kappa shape index (κ2) is 5.83. The summed E-state index contributed by atoms with van der Waals surface area (Å²) in [4.78, 5) is 16.8. The molecule has 2 rings (SSSR count). The summed E-state index contributed by atoms with van der Waals surface area (Å²) in [6.45, 7) is 1.94. The molecule has 0 aliphatic carbocycles. The van der Waals surface area contributed by atoms with Crippen LogP contribution in [-0.2, 0) is 4.79 Å². The Hall–Kier alpha value is -1.61. The van der Waals surface area contributed by atoms with Crippen molar-refractivity contribution < 1.29 is 4.79 Å². The van der Waals surface area contributed by atoms with Gasteiger partial charge in [0.25, 0.3) is 0 Å². The molecule has 0 fully saturated rings. The molecule has 0 saturated carbocycles. The molecule has 0 aliphatic heterocycles. The van der Waals surface area contributed by atoms with Gasteiger partial charge in [0, 0.05) is 16.8 Å². The Kier molecular flexibility index (Phi) is 4.15. The summed E-state index contributed by atoms with van der Waals surface area (Å²) < 4.78 is 0. The number of hydrogen-bond acceptors (Lipinski definition) is 3. The minimum atomic E-state index is -0.228. The number of rotatable bonds is 4. The summed E-state index contributed by atoms with van der Waals surface area (Å²) in [5.74, 6) is -0.228. The van der Waals surface area contributed by atoms with Crippen LogP contribution in [0, 0.1) is 6.92 Å². The van der Waals surface area contributed by atoms with Crippen molar-refractivity contribution in [1.82, 2.24) is 4.98 Å². The molecule has 0 aliphatic rings. The topological polar surface area (TPSA) is 30.0 Å². The Bertz CT molecular complexity index is 519. The zero-order chi connectivity index (χ0) is 13.0. The lowest BCUT2D eigenvalue weighted by Gasteiger charge is -2.11. The van der Waals surface area contributed by atoms with Crippen molar-refractivity contribution in [2.75, 3.05) is 6.26 Å². The molecule has 1 atom stereocenters. The highest BCUT2D eigenvalue weighted by molar-refractivity contribution is 7.98. The molecule has 1 heterocycles. The van der Waals surface area contributed by atoms with E-state index in [1.807, 2.05) is 49.6 Å². The van der Waals surface area contributed by atoms with Crippen molar-refractivity contribution in [2.24, 2.45) is 0 Å². The fourth-order valence-corrected chi connectivity index (χ4v) is 2.23. The van der Waals surface area contributed by atoms with Gasteiger partial charge < -0.3 is 4.79 Å². The molecule has 0 radical (unpaired) electrons. The van der Waals surface area contributed by atoms with Crippen molar-refractivity contribution in [2.45, 2.75) is 17.7 Å². The van der Waals surface area contributed by atoms with Crippen molar-refractivity contribution in [3.8, 4) is 0 Å². The van der Waals surface area contributed by atoms with E-state index in [4.69, 9.17) is 0 Å². The molecule has 92 valence electrons. The lowest BCUT2D eigenvalue weighted by molar-refractivity contribution is -0.108. The van der Waals surface area contributed by atoms with Crippen LogP contribution in [0.1, 0.15) is 22.7 Å². The largest absolute Gasteiger partial charge is 0.302 e. The van der Waals surface area contributed by atoms with Crippen LogP contribution in [0.5, 0.6) is 0 Å². The van der Waals surface area contributed by atoms with Crippen LogP contribution in [0.25, 0.3) is 0 Å². The third-order valence-electron chi connectivity index (χ3n) is 2.90. The number of carbonyl (C=O) groups excluding carboxylic acids is 1. The fourth-order valence-electron chi connectivity index (χ4n) is 1.82. The third kappa shape index (κ3) is 2.79. The van der Waals surface area contributed by atoms with Crippen LogP contribution < -0.4 is 0 Å². The number of benzene rings is 1. The number of pyridine rings is 1. The average Bonchev–Trinajstić information content (AvgIpc) is 2.42. The molecule has 2 aromatic rings. The van der Waals surface area contributed by atoms with E-state index in [0.29, 0.717) is 0 Å². The van der Waals surface area contributed by atoms with Gasteiger partial charge >= 0.3 is 0 Å². The van der Waals surface area contributed by atoms with Crippen molar-refractivity contribution >= 4 is 18.0 Å². The van der Waals surface area contributed by atoms with Gasteiger partial charge in [-0.25, -0.2) is 0 Å². The SMILES string of the molecule is CSc1ccc(C(C=O)c2ccc(C)nc2)cc1. The Morgan fingerprint density at radius 1 is 1.11 bits per heavy atom. The number of aryl methyl sites for hydroxylation is 1. The van der Waals surface area contributed by atoms with Gasteiger partial charge in [0.2, 0.25) is 0 Å². The van der Waals surface area contributed by atoms with E-state index in [0.717, 1.165) is 23.1 Å². The first-order valence-electron chi connectivity index (χ1n) is 5.76. The first-order valence-corrected chi connectivity index (χ1v) is 6.99. The summed E-state index contributed by atoms with van der Waals surface area (Å²) in [7, 11) is 0. The minimum Gasteiger partial charge on any atom is -0.302 e. The van der Waals surface area contributed by atoms with Crippen LogP contribution in [-0.4, -0.2) is 17.5 Å². The van der Waals surface area contributed by atoms with Crippen LogP contribution in [0.15, 0.2) is 47.5 Å². The molecule has 2 nitrogen and oxygen atoms in total. The van der Waals surface area contributed by atoms with E-state index in [1.165, 1.54) is 4.90 Å². The van der Waals surface area contributed by atoms with Gasteiger partial charge in [0.05, 0.1) is 5.92 Å². The minimum absolute atomic E-state index is 0.228. The Morgan fingerprint density at radius 2 is 1.78 bits per heavy atom. The molecular weight excluding hydrogens is 242 g/mol. The molecule has 1 aromatic heterocycles. The van der Waals surface area contributed by atoms with E-state index >= 15 is 0 Å². The molecule has 1 unspecified atom stereocenters. The molecule has 0 amide bonds. The molecule has 0 N–H and O–H groups in total. The zero-order valence-electron chi connectivity index (χ0n) is 10.5. The van der Waals surface area contributed by atoms with Gasteiger partial charge in [0.1, 0.15) is 6.29 Å². The quantitative estimate of drug-likeness (QED) is 0.621. The van der Waals surface area contributed by atoms with Gasteiger partial charge in [-0.2, -0.15) is 0 Å². The second-order valence-corrected chi connectivity index (χ2v) is 5.00. The number of aldehydes is 1. The Labute approximate surface area is 111 Å². The third-order valence-corrected chi connectivity index (χ3v) is 3.65. The molecule has 1 aromatic carbocycles. The van der Waals surface area contributed by atoms with Crippen LogP contribution in [0.3, 0.4) is 0 Å². The molecule has 3 heteroatoms. The highest BCUT2D eigenvalue weighted by atomic mass is 32.2. The maximum atomic E-state index is 11.3. The van der Waals surface area contributed by atoms with Gasteiger partial charge in [-0.3, -0.25) is 4.98 Å².